The minimum absolute atomic E-state index is 0.466. The maximum absolute atomic E-state index is 4.48. The third kappa shape index (κ3) is 3.68. The summed E-state index contributed by atoms with van der Waals surface area (Å²) in [6.07, 6.45) is 1.62. The molecule has 0 fully saturated rings. The number of aryl methyl sites for hydroxylation is 4. The van der Waals surface area contributed by atoms with Crippen molar-refractivity contribution in [1.29, 1.82) is 0 Å². The van der Waals surface area contributed by atoms with Crippen molar-refractivity contribution in [3.63, 3.8) is 0 Å². The highest BCUT2D eigenvalue weighted by Crippen LogP contribution is 2.21. The van der Waals surface area contributed by atoms with Gasteiger partial charge >= 0.3 is 0 Å². The van der Waals surface area contributed by atoms with E-state index >= 15 is 0 Å². The molecule has 5 nitrogen and oxygen atoms in total. The van der Waals surface area contributed by atoms with Gasteiger partial charge in [0.05, 0.1) is 6.20 Å². The molecule has 1 aromatic heterocycles. The Morgan fingerprint density at radius 1 is 0.792 bits per heavy atom. The van der Waals surface area contributed by atoms with Crippen molar-refractivity contribution >= 4 is 23.1 Å². The predicted octanol–water partition coefficient (Wildman–Crippen LogP) is 4.59. The zero-order chi connectivity index (χ0) is 17.1. The lowest BCUT2D eigenvalue weighted by Crippen LogP contribution is -2.03. The molecule has 122 valence electrons. The van der Waals surface area contributed by atoms with Gasteiger partial charge in [-0.15, -0.1) is 5.10 Å². The van der Waals surface area contributed by atoms with Crippen molar-refractivity contribution in [3.05, 3.63) is 64.8 Å². The Morgan fingerprint density at radius 3 is 2.38 bits per heavy atom. The minimum atomic E-state index is 0.466. The molecule has 3 rings (SSSR count). The van der Waals surface area contributed by atoms with Crippen LogP contribution in [0.1, 0.15) is 22.3 Å². The zero-order valence-electron chi connectivity index (χ0n) is 14.4. The number of hydrogen-bond donors (Lipinski definition) is 2. The number of nitrogens with zero attached hydrogens (tertiary/aromatic N) is 3. The molecule has 0 aliphatic heterocycles. The lowest BCUT2D eigenvalue weighted by Gasteiger charge is -2.11. The summed E-state index contributed by atoms with van der Waals surface area (Å²) in [7, 11) is 0. The Labute approximate surface area is 142 Å². The summed E-state index contributed by atoms with van der Waals surface area (Å²) in [6.45, 7) is 8.32. The molecule has 2 N–H and O–H groups in total. The van der Waals surface area contributed by atoms with E-state index in [-0.39, 0.29) is 0 Å². The summed E-state index contributed by atoms with van der Waals surface area (Å²) in [5.41, 5.74) is 6.83. The van der Waals surface area contributed by atoms with E-state index in [1.54, 1.807) is 6.20 Å². The summed E-state index contributed by atoms with van der Waals surface area (Å²) in [4.78, 5) is 4.48. The van der Waals surface area contributed by atoms with Crippen LogP contribution in [0.5, 0.6) is 0 Å². The van der Waals surface area contributed by atoms with Crippen LogP contribution in [0, 0.1) is 27.7 Å². The van der Waals surface area contributed by atoms with Crippen LogP contribution in [0.2, 0.25) is 0 Å². The van der Waals surface area contributed by atoms with Crippen molar-refractivity contribution in [1.82, 2.24) is 15.2 Å². The van der Waals surface area contributed by atoms with Crippen LogP contribution in [-0.4, -0.2) is 15.2 Å². The molecule has 3 aromatic rings. The van der Waals surface area contributed by atoms with E-state index in [1.807, 2.05) is 12.1 Å². The molecule has 2 aromatic carbocycles. The minimum Gasteiger partial charge on any atom is -0.339 e. The number of anilines is 4. The zero-order valence-corrected chi connectivity index (χ0v) is 14.4. The molecule has 0 saturated heterocycles. The molecule has 0 spiro atoms. The SMILES string of the molecule is Cc1ccc(Nc2cnnc(Nc3ccc(C)c(C)c3)n2)c(C)c1. The normalized spacial score (nSPS) is 10.5. The number of aromatic nitrogens is 3. The van der Waals surface area contributed by atoms with Crippen LogP contribution < -0.4 is 10.6 Å². The maximum Gasteiger partial charge on any atom is 0.249 e. The summed E-state index contributed by atoms with van der Waals surface area (Å²) in [5, 5.41) is 14.6. The largest absolute Gasteiger partial charge is 0.339 e. The first-order valence-electron chi connectivity index (χ1n) is 7.89. The predicted molar refractivity (Wildman–Crippen MR) is 98.2 cm³/mol. The van der Waals surface area contributed by atoms with E-state index in [0.717, 1.165) is 16.9 Å². The van der Waals surface area contributed by atoms with Crippen LogP contribution in [0.25, 0.3) is 0 Å². The van der Waals surface area contributed by atoms with Crippen LogP contribution in [-0.2, 0) is 0 Å². The molecule has 0 aliphatic carbocycles. The topological polar surface area (TPSA) is 62.7 Å². The van der Waals surface area contributed by atoms with E-state index in [9.17, 15) is 0 Å². The highest BCUT2D eigenvalue weighted by atomic mass is 15.3. The fraction of sp³-hybridized carbons (Fsp3) is 0.211. The van der Waals surface area contributed by atoms with Crippen LogP contribution in [0.15, 0.2) is 42.6 Å². The summed E-state index contributed by atoms with van der Waals surface area (Å²) in [5.74, 6) is 1.12. The fourth-order valence-electron chi connectivity index (χ4n) is 2.46. The van der Waals surface area contributed by atoms with Gasteiger partial charge < -0.3 is 10.6 Å². The molecule has 0 aliphatic rings. The van der Waals surface area contributed by atoms with Gasteiger partial charge in [-0.25, -0.2) is 0 Å². The molecule has 24 heavy (non-hydrogen) atoms. The van der Waals surface area contributed by atoms with E-state index in [4.69, 9.17) is 0 Å². The molecule has 0 bridgehead atoms. The van der Waals surface area contributed by atoms with Gasteiger partial charge in [-0.2, -0.15) is 10.1 Å². The van der Waals surface area contributed by atoms with Gasteiger partial charge in [-0.1, -0.05) is 23.8 Å². The van der Waals surface area contributed by atoms with Crippen LogP contribution >= 0.6 is 0 Å². The van der Waals surface area contributed by atoms with Crippen LogP contribution in [0.4, 0.5) is 23.1 Å². The van der Waals surface area contributed by atoms with E-state index in [0.29, 0.717) is 11.8 Å². The van der Waals surface area contributed by atoms with Gasteiger partial charge in [-0.05, 0) is 62.6 Å². The maximum atomic E-state index is 4.48. The van der Waals surface area contributed by atoms with Gasteiger partial charge in [0.1, 0.15) is 0 Å². The van der Waals surface area contributed by atoms with Crippen LogP contribution in [0.3, 0.4) is 0 Å². The highest BCUT2D eigenvalue weighted by molar-refractivity contribution is 5.62. The molecule has 0 atom stereocenters. The Bertz CT molecular complexity index is 873. The summed E-state index contributed by atoms with van der Waals surface area (Å²) in [6, 6.07) is 12.4. The molecule has 0 radical (unpaired) electrons. The second-order valence-electron chi connectivity index (χ2n) is 6.03. The molecule has 1 heterocycles. The molecular formula is C19H21N5. The first-order valence-corrected chi connectivity index (χ1v) is 7.89. The van der Waals surface area contributed by atoms with Gasteiger partial charge in [0, 0.05) is 11.4 Å². The van der Waals surface area contributed by atoms with Gasteiger partial charge in [0.2, 0.25) is 5.95 Å². The Hall–Kier alpha value is -2.95. The standard InChI is InChI=1S/C19H21N5/c1-12-5-8-17(15(4)9-12)22-18-11-20-24-19(23-18)21-16-7-6-13(2)14(3)10-16/h5-11H,1-4H3,(H2,21,22,23,24). The van der Waals surface area contributed by atoms with Crippen molar-refractivity contribution in [3.8, 4) is 0 Å². The number of benzene rings is 2. The van der Waals surface area contributed by atoms with Gasteiger partial charge in [0.15, 0.2) is 5.82 Å². The second kappa shape index (κ2) is 6.66. The lowest BCUT2D eigenvalue weighted by molar-refractivity contribution is 0.982. The molecule has 5 heteroatoms. The summed E-state index contributed by atoms with van der Waals surface area (Å²) >= 11 is 0. The van der Waals surface area contributed by atoms with Gasteiger partial charge in [0.25, 0.3) is 0 Å². The lowest BCUT2D eigenvalue weighted by atomic mass is 10.1. The molecule has 0 unspecified atom stereocenters. The van der Waals surface area contributed by atoms with E-state index in [1.165, 1.54) is 16.7 Å². The third-order valence-electron chi connectivity index (χ3n) is 3.97. The highest BCUT2D eigenvalue weighted by Gasteiger charge is 2.05. The molecular weight excluding hydrogens is 298 g/mol. The van der Waals surface area contributed by atoms with Crippen molar-refractivity contribution in [2.75, 3.05) is 10.6 Å². The smallest absolute Gasteiger partial charge is 0.249 e. The Morgan fingerprint density at radius 2 is 1.62 bits per heavy atom. The average Bonchev–Trinajstić information content (AvgIpc) is 2.54. The number of nitrogens with one attached hydrogen (secondary N) is 2. The van der Waals surface area contributed by atoms with Crippen molar-refractivity contribution < 1.29 is 0 Å². The fourth-order valence-corrected chi connectivity index (χ4v) is 2.46. The van der Waals surface area contributed by atoms with Gasteiger partial charge in [-0.3, -0.25) is 0 Å². The number of rotatable bonds is 4. The first kappa shape index (κ1) is 15.9. The van der Waals surface area contributed by atoms with Crippen molar-refractivity contribution in [2.24, 2.45) is 0 Å². The second-order valence-corrected chi connectivity index (χ2v) is 6.03. The Balaban J connectivity index is 1.79. The quantitative estimate of drug-likeness (QED) is 0.736. The van der Waals surface area contributed by atoms with E-state index < -0.39 is 0 Å². The monoisotopic (exact) mass is 319 g/mol. The third-order valence-corrected chi connectivity index (χ3v) is 3.97. The average molecular weight is 319 g/mol. The first-order chi connectivity index (χ1) is 11.5. The number of hydrogen-bond acceptors (Lipinski definition) is 5. The molecule has 0 saturated carbocycles. The Kier molecular flexibility index (Phi) is 4.42. The molecule has 0 amide bonds. The summed E-state index contributed by atoms with van der Waals surface area (Å²) < 4.78 is 0. The van der Waals surface area contributed by atoms with Crippen molar-refractivity contribution in [2.45, 2.75) is 27.7 Å². The van der Waals surface area contributed by atoms with E-state index in [2.05, 4.69) is 77.8 Å².